The van der Waals surface area contributed by atoms with Gasteiger partial charge in [-0.15, -0.1) is 0 Å². The van der Waals surface area contributed by atoms with Crippen LogP contribution >= 0.6 is 15.9 Å². The smallest absolute Gasteiger partial charge is 0.391 e. The predicted octanol–water partition coefficient (Wildman–Crippen LogP) is 1.40. The molecule has 0 bridgehead atoms. The molecule has 1 aromatic carbocycles. The first-order valence-electron chi connectivity index (χ1n) is 11.7. The third-order valence-electron chi connectivity index (χ3n) is 5.99. The van der Waals surface area contributed by atoms with E-state index in [9.17, 15) is 19.3 Å². The maximum atomic E-state index is 13.9. The molecule has 210 valence electrons. The number of nitrogens with zero attached hydrogens (tertiary/aromatic N) is 7. The third kappa shape index (κ3) is 7.22. The third-order valence-corrected chi connectivity index (χ3v) is 6.63. The number of nitro groups is 1. The lowest BCUT2D eigenvalue weighted by Crippen LogP contribution is -3.00. The molecule has 4 aromatic rings. The van der Waals surface area contributed by atoms with Crippen LogP contribution in [-0.2, 0) is 18.4 Å². The van der Waals surface area contributed by atoms with E-state index in [2.05, 4.69) is 46.5 Å². The van der Waals surface area contributed by atoms with Gasteiger partial charge in [-0.05, 0) is 56.2 Å². The topological polar surface area (TPSA) is 141 Å². The molecule has 0 radical (unpaired) electrons. The molecule has 0 atom stereocenters. The molecule has 3 heterocycles. The SMILES string of the molecule is Cc1nc([N+](=O)[O-])c(C[N+](C)(C)C/C=C/C(=O)Nc2cc3c(Nc4ccc(Br)c(F)c4)ncnc3cn2)n1C.[Br-]. The number of nitrogens with one attached hydrogen (secondary N) is 2. The minimum absolute atomic E-state index is 0. The molecular formula is C25H26Br2FN9O3. The number of imidazole rings is 1. The van der Waals surface area contributed by atoms with Crippen molar-refractivity contribution < 1.29 is 35.6 Å². The van der Waals surface area contributed by atoms with Crippen LogP contribution in [0, 0.1) is 22.9 Å². The van der Waals surface area contributed by atoms with Gasteiger partial charge in [0, 0.05) is 31.1 Å². The summed E-state index contributed by atoms with van der Waals surface area (Å²) in [6.45, 7) is 2.50. The summed E-state index contributed by atoms with van der Waals surface area (Å²) in [6, 6.07) is 6.24. The van der Waals surface area contributed by atoms with E-state index in [-0.39, 0.29) is 28.6 Å². The van der Waals surface area contributed by atoms with E-state index >= 15 is 0 Å². The number of aromatic nitrogens is 5. The summed E-state index contributed by atoms with van der Waals surface area (Å²) in [6.07, 6.45) is 5.96. The number of quaternary nitrogens is 1. The van der Waals surface area contributed by atoms with E-state index in [4.69, 9.17) is 0 Å². The van der Waals surface area contributed by atoms with Gasteiger partial charge in [-0.2, -0.15) is 0 Å². The lowest BCUT2D eigenvalue weighted by molar-refractivity contribution is -0.898. The highest BCUT2D eigenvalue weighted by Gasteiger charge is 2.29. The van der Waals surface area contributed by atoms with Crippen molar-refractivity contribution >= 4 is 55.9 Å². The van der Waals surface area contributed by atoms with Gasteiger partial charge >= 0.3 is 5.82 Å². The Morgan fingerprint density at radius 1 is 1.25 bits per heavy atom. The van der Waals surface area contributed by atoms with E-state index in [1.165, 1.54) is 24.7 Å². The number of carbonyl (C=O) groups is 1. The van der Waals surface area contributed by atoms with Gasteiger partial charge in [0.1, 0.15) is 30.3 Å². The number of halogens is 3. The highest BCUT2D eigenvalue weighted by molar-refractivity contribution is 9.10. The number of amides is 1. The molecule has 0 fully saturated rings. The summed E-state index contributed by atoms with van der Waals surface area (Å²) in [7, 11) is 5.56. The number of hydrogen-bond acceptors (Lipinski definition) is 8. The highest BCUT2D eigenvalue weighted by atomic mass is 79.9. The highest BCUT2D eigenvalue weighted by Crippen LogP contribution is 2.27. The Bertz CT molecular complexity index is 1610. The number of fused-ring (bicyclic) bond motifs is 1. The second-order valence-electron chi connectivity index (χ2n) is 9.48. The van der Waals surface area contributed by atoms with Crippen LogP contribution in [0.25, 0.3) is 10.9 Å². The van der Waals surface area contributed by atoms with E-state index in [0.29, 0.717) is 56.0 Å². The van der Waals surface area contributed by atoms with Gasteiger partial charge in [-0.1, -0.05) is 0 Å². The van der Waals surface area contributed by atoms with Crippen LogP contribution in [0.5, 0.6) is 0 Å². The molecule has 0 aliphatic rings. The first-order valence-corrected chi connectivity index (χ1v) is 12.5. The van der Waals surface area contributed by atoms with Gasteiger partial charge in [0.15, 0.2) is 5.69 Å². The molecule has 15 heteroatoms. The average Bonchev–Trinajstić information content (AvgIpc) is 3.14. The second-order valence-corrected chi connectivity index (χ2v) is 10.3. The average molecular weight is 679 g/mol. The van der Waals surface area contributed by atoms with Crippen molar-refractivity contribution in [2.24, 2.45) is 7.05 Å². The number of carbonyl (C=O) groups excluding carboxylic acids is 1. The Kier molecular flexibility index (Phi) is 9.65. The van der Waals surface area contributed by atoms with E-state index in [1.54, 1.807) is 42.8 Å². The molecule has 12 nitrogen and oxygen atoms in total. The summed E-state index contributed by atoms with van der Waals surface area (Å²) < 4.78 is 16.4. The maximum Gasteiger partial charge on any atom is 0.391 e. The van der Waals surface area contributed by atoms with Crippen LogP contribution in [0.4, 0.5) is 27.5 Å². The number of likely N-dealkylation sites (N-methyl/N-ethyl adjacent to an activating group) is 1. The van der Waals surface area contributed by atoms with Crippen LogP contribution in [0.15, 0.2) is 53.4 Å². The normalized spacial score (nSPS) is 11.4. The Morgan fingerprint density at radius 3 is 2.70 bits per heavy atom. The van der Waals surface area contributed by atoms with Crippen molar-refractivity contribution in [1.82, 2.24) is 24.5 Å². The minimum Gasteiger partial charge on any atom is -1.00 e. The zero-order chi connectivity index (χ0) is 28.3. The number of pyridine rings is 1. The summed E-state index contributed by atoms with van der Waals surface area (Å²) in [5.41, 5.74) is 1.55. The van der Waals surface area contributed by atoms with Crippen molar-refractivity contribution in [2.75, 3.05) is 31.3 Å². The summed E-state index contributed by atoms with van der Waals surface area (Å²) >= 11 is 3.13. The Labute approximate surface area is 248 Å². The summed E-state index contributed by atoms with van der Waals surface area (Å²) in [5.74, 6) is 0.289. The first kappa shape index (κ1) is 30.7. The quantitative estimate of drug-likeness (QED) is 0.117. The summed E-state index contributed by atoms with van der Waals surface area (Å²) in [5, 5.41) is 17.8. The van der Waals surface area contributed by atoms with Gasteiger partial charge in [0.05, 0.1) is 36.8 Å². The van der Waals surface area contributed by atoms with Crippen LogP contribution in [0.3, 0.4) is 0 Å². The molecule has 0 aliphatic carbocycles. The molecule has 0 saturated carbocycles. The van der Waals surface area contributed by atoms with Gasteiger partial charge < -0.3 is 46.8 Å². The van der Waals surface area contributed by atoms with Crippen LogP contribution in [0.1, 0.15) is 11.5 Å². The fraction of sp³-hybridized carbons (Fsp3) is 0.240. The van der Waals surface area contributed by atoms with E-state index < -0.39 is 16.6 Å². The largest absolute Gasteiger partial charge is 1.00 e. The van der Waals surface area contributed by atoms with Crippen LogP contribution in [0.2, 0.25) is 0 Å². The van der Waals surface area contributed by atoms with E-state index in [1.807, 2.05) is 14.1 Å². The zero-order valence-corrected chi connectivity index (χ0v) is 25.2. The van der Waals surface area contributed by atoms with Gasteiger partial charge in [-0.25, -0.2) is 19.3 Å². The number of benzene rings is 1. The second kappa shape index (κ2) is 12.6. The number of rotatable bonds is 9. The van der Waals surface area contributed by atoms with Gasteiger partial charge in [0.2, 0.25) is 11.7 Å². The molecule has 0 spiro atoms. The number of anilines is 3. The van der Waals surface area contributed by atoms with Crippen molar-refractivity contribution in [1.29, 1.82) is 0 Å². The molecular weight excluding hydrogens is 653 g/mol. The number of hydrogen-bond donors (Lipinski definition) is 2. The fourth-order valence-corrected chi connectivity index (χ4v) is 4.13. The molecule has 0 aliphatic heterocycles. The van der Waals surface area contributed by atoms with Crippen LogP contribution < -0.4 is 27.6 Å². The van der Waals surface area contributed by atoms with Gasteiger partial charge in [0.25, 0.3) is 0 Å². The Morgan fingerprint density at radius 2 is 2.00 bits per heavy atom. The molecule has 40 heavy (non-hydrogen) atoms. The molecule has 0 saturated heterocycles. The van der Waals surface area contributed by atoms with Gasteiger partial charge in [-0.3, -0.25) is 4.79 Å². The minimum atomic E-state index is -0.481. The lowest BCUT2D eigenvalue weighted by Gasteiger charge is -2.28. The monoisotopic (exact) mass is 677 g/mol. The van der Waals surface area contributed by atoms with Crippen molar-refractivity contribution in [2.45, 2.75) is 13.5 Å². The fourth-order valence-electron chi connectivity index (χ4n) is 3.88. The molecule has 3 aromatic heterocycles. The van der Waals surface area contributed by atoms with E-state index in [0.717, 1.165) is 0 Å². The standard InChI is InChI=1S/C25H25BrFN9O3.BrH/c1-15-31-25(35(38)39)21(34(15)2)13-36(3,4)9-5-6-23(37)33-22-11-17-20(12-28-22)29-14-30-24(17)32-16-7-8-18(26)19(27)10-16;/h5-8,10-12,14H,9,13H2,1-4H3,(H-,28,29,30,32,33,37);1H/b6-5+;. The lowest BCUT2D eigenvalue weighted by atomic mass is 10.2. The van der Waals surface area contributed by atoms with Crippen LogP contribution in [-0.4, -0.2) is 60.5 Å². The molecule has 1 amide bonds. The predicted molar refractivity (Wildman–Crippen MR) is 148 cm³/mol. The van der Waals surface area contributed by atoms with Crippen molar-refractivity contribution in [3.63, 3.8) is 0 Å². The maximum absolute atomic E-state index is 13.9. The van der Waals surface area contributed by atoms with Crippen molar-refractivity contribution in [3.8, 4) is 0 Å². The molecule has 2 N–H and O–H groups in total. The first-order chi connectivity index (χ1) is 18.4. The summed E-state index contributed by atoms with van der Waals surface area (Å²) in [4.78, 5) is 40.2. The molecule has 0 unspecified atom stereocenters. The Balaban J connectivity index is 0.00000441. The Hall–Kier alpha value is -3.82. The zero-order valence-electron chi connectivity index (χ0n) is 22.0. The van der Waals surface area contributed by atoms with Crippen molar-refractivity contribution in [3.05, 3.63) is 80.9 Å². The molecule has 4 rings (SSSR count). The number of aryl methyl sites for hydroxylation is 1.